The minimum Gasteiger partial charge on any atom is -0.496 e. The van der Waals surface area contributed by atoms with Crippen molar-refractivity contribution < 1.29 is 23.8 Å². The Kier molecular flexibility index (Phi) is 6.10. The fourth-order valence-electron chi connectivity index (χ4n) is 4.79. The fraction of sp³-hybridized carbons (Fsp3) is 0.214. The zero-order chi connectivity index (χ0) is 25.4. The Morgan fingerprint density at radius 3 is 2.28 bits per heavy atom. The van der Waals surface area contributed by atoms with Crippen molar-refractivity contribution in [3.8, 4) is 28.4 Å². The molecule has 5 rings (SSSR count). The number of carbonyl (C=O) groups excluding carboxylic acids is 2. The van der Waals surface area contributed by atoms with Gasteiger partial charge in [0, 0.05) is 24.5 Å². The number of carbonyl (C=O) groups is 2. The molecule has 0 amide bonds. The molecule has 3 aromatic carbocycles. The van der Waals surface area contributed by atoms with Gasteiger partial charge in [0.25, 0.3) is 0 Å². The SMILES string of the molecule is COc1cc(OC)c2c(c1Cl)O[C@]1(C2=O)C(NNc2ccc(-c3ccccc3)cc2)=CC(=O)C[C@H]1C. The number of fused-ring (bicyclic) bond motifs is 1. The monoisotopic (exact) mass is 504 g/mol. The summed E-state index contributed by atoms with van der Waals surface area (Å²) in [7, 11) is 2.94. The van der Waals surface area contributed by atoms with E-state index in [-0.39, 0.29) is 34.3 Å². The zero-order valence-corrected chi connectivity index (χ0v) is 20.8. The van der Waals surface area contributed by atoms with E-state index in [9.17, 15) is 9.59 Å². The third kappa shape index (κ3) is 3.76. The summed E-state index contributed by atoms with van der Waals surface area (Å²) < 4.78 is 17.1. The first-order chi connectivity index (χ1) is 17.4. The lowest BCUT2D eigenvalue weighted by Gasteiger charge is -2.38. The Hall–Kier alpha value is -3.97. The first kappa shape index (κ1) is 23.8. The van der Waals surface area contributed by atoms with Crippen LogP contribution in [0.4, 0.5) is 5.69 Å². The van der Waals surface area contributed by atoms with Crippen LogP contribution in [0.15, 0.2) is 72.4 Å². The normalized spacial score (nSPS) is 20.4. The van der Waals surface area contributed by atoms with Crippen molar-refractivity contribution in [2.45, 2.75) is 18.9 Å². The molecule has 0 unspecified atom stereocenters. The molecule has 0 fully saturated rings. The summed E-state index contributed by atoms with van der Waals surface area (Å²) in [6.45, 7) is 1.81. The van der Waals surface area contributed by atoms with Crippen molar-refractivity contribution >= 4 is 28.9 Å². The number of nitrogens with one attached hydrogen (secondary N) is 2. The van der Waals surface area contributed by atoms with Gasteiger partial charge < -0.3 is 25.1 Å². The summed E-state index contributed by atoms with van der Waals surface area (Å²) in [5.41, 5.74) is 8.15. The van der Waals surface area contributed by atoms with E-state index in [4.69, 9.17) is 25.8 Å². The number of ketones is 2. The van der Waals surface area contributed by atoms with Crippen LogP contribution in [0.3, 0.4) is 0 Å². The molecule has 1 aliphatic carbocycles. The molecule has 0 saturated carbocycles. The molecule has 1 aliphatic heterocycles. The first-order valence-corrected chi connectivity index (χ1v) is 11.9. The van der Waals surface area contributed by atoms with Gasteiger partial charge in [-0.2, -0.15) is 0 Å². The van der Waals surface area contributed by atoms with E-state index in [1.165, 1.54) is 20.3 Å². The maximum atomic E-state index is 13.9. The van der Waals surface area contributed by atoms with E-state index < -0.39 is 11.5 Å². The quantitative estimate of drug-likeness (QED) is 0.432. The number of Topliss-reactive ketones (excluding diaryl/α,β-unsaturated/α-hetero) is 1. The fourth-order valence-corrected chi connectivity index (χ4v) is 5.05. The van der Waals surface area contributed by atoms with Crippen LogP contribution >= 0.6 is 11.6 Å². The molecule has 8 heteroatoms. The molecule has 2 N–H and O–H groups in total. The van der Waals surface area contributed by atoms with E-state index in [2.05, 4.69) is 10.9 Å². The van der Waals surface area contributed by atoms with Gasteiger partial charge in [-0.3, -0.25) is 9.59 Å². The largest absolute Gasteiger partial charge is 0.496 e. The van der Waals surface area contributed by atoms with Crippen molar-refractivity contribution in [2.75, 3.05) is 19.6 Å². The van der Waals surface area contributed by atoms with Gasteiger partial charge in [0.1, 0.15) is 22.1 Å². The van der Waals surface area contributed by atoms with Gasteiger partial charge in [-0.05, 0) is 23.3 Å². The predicted molar refractivity (Wildman–Crippen MR) is 138 cm³/mol. The van der Waals surface area contributed by atoms with E-state index in [1.54, 1.807) is 6.07 Å². The number of hydrazine groups is 1. The van der Waals surface area contributed by atoms with E-state index in [1.807, 2.05) is 61.5 Å². The van der Waals surface area contributed by atoms with Crippen LogP contribution in [0.1, 0.15) is 23.7 Å². The molecule has 1 heterocycles. The summed E-state index contributed by atoms with van der Waals surface area (Å²) >= 11 is 6.53. The molecule has 7 nitrogen and oxygen atoms in total. The van der Waals surface area contributed by atoms with Crippen molar-refractivity contribution in [1.82, 2.24) is 5.43 Å². The molecule has 1 spiro atoms. The van der Waals surface area contributed by atoms with Crippen LogP contribution in [0.2, 0.25) is 5.02 Å². The second-order valence-electron chi connectivity index (χ2n) is 8.79. The molecule has 0 bridgehead atoms. The number of benzene rings is 3. The highest BCUT2D eigenvalue weighted by atomic mass is 35.5. The summed E-state index contributed by atoms with van der Waals surface area (Å²) in [6.07, 6.45) is 1.56. The number of methoxy groups -OCH3 is 2. The maximum Gasteiger partial charge on any atom is 0.220 e. The smallest absolute Gasteiger partial charge is 0.220 e. The van der Waals surface area contributed by atoms with E-state index in [0.29, 0.717) is 17.2 Å². The Bertz CT molecular complexity index is 1370. The van der Waals surface area contributed by atoms with Gasteiger partial charge in [0.2, 0.25) is 11.4 Å². The number of anilines is 1. The van der Waals surface area contributed by atoms with Gasteiger partial charge in [0.15, 0.2) is 11.5 Å². The van der Waals surface area contributed by atoms with Crippen molar-refractivity contribution in [3.05, 3.63) is 83.0 Å². The number of halogens is 1. The lowest BCUT2D eigenvalue weighted by Crippen LogP contribution is -2.55. The van der Waals surface area contributed by atoms with Crippen LogP contribution < -0.4 is 25.1 Å². The summed E-state index contributed by atoms with van der Waals surface area (Å²) in [4.78, 5) is 26.4. The van der Waals surface area contributed by atoms with E-state index >= 15 is 0 Å². The van der Waals surface area contributed by atoms with Crippen molar-refractivity contribution in [2.24, 2.45) is 5.92 Å². The number of hydrogen-bond acceptors (Lipinski definition) is 7. The average Bonchev–Trinajstić information content (AvgIpc) is 3.21. The number of ether oxygens (including phenoxy) is 3. The molecule has 0 aromatic heterocycles. The molecule has 36 heavy (non-hydrogen) atoms. The Balaban J connectivity index is 1.47. The minimum absolute atomic E-state index is 0.111. The van der Waals surface area contributed by atoms with Gasteiger partial charge in [-0.15, -0.1) is 0 Å². The third-order valence-electron chi connectivity index (χ3n) is 6.66. The first-order valence-electron chi connectivity index (χ1n) is 11.5. The summed E-state index contributed by atoms with van der Waals surface area (Å²) in [6, 6.07) is 19.4. The molecular weight excluding hydrogens is 480 g/mol. The highest BCUT2D eigenvalue weighted by Crippen LogP contribution is 2.54. The molecule has 0 saturated heterocycles. The number of allylic oxidation sites excluding steroid dienone is 1. The van der Waals surface area contributed by atoms with Crippen LogP contribution in [0.5, 0.6) is 17.2 Å². The topological polar surface area (TPSA) is 85.9 Å². The lowest BCUT2D eigenvalue weighted by atomic mass is 9.74. The van der Waals surface area contributed by atoms with Gasteiger partial charge in [-0.1, -0.05) is 61.0 Å². The molecular formula is C28H25ClN2O5. The second-order valence-corrected chi connectivity index (χ2v) is 9.17. The van der Waals surface area contributed by atoms with Crippen LogP contribution in [-0.2, 0) is 4.79 Å². The predicted octanol–water partition coefficient (Wildman–Crippen LogP) is 5.45. The van der Waals surface area contributed by atoms with Gasteiger partial charge >= 0.3 is 0 Å². The molecule has 2 aliphatic rings. The molecule has 2 atom stereocenters. The maximum absolute atomic E-state index is 13.9. The summed E-state index contributed by atoms with van der Waals surface area (Å²) in [5, 5.41) is 0.173. The van der Waals surface area contributed by atoms with Crippen molar-refractivity contribution in [1.29, 1.82) is 0 Å². The van der Waals surface area contributed by atoms with Gasteiger partial charge in [0.05, 0.1) is 25.6 Å². The Morgan fingerprint density at radius 1 is 0.944 bits per heavy atom. The van der Waals surface area contributed by atoms with Gasteiger partial charge in [-0.25, -0.2) is 0 Å². The zero-order valence-electron chi connectivity index (χ0n) is 20.1. The van der Waals surface area contributed by atoms with Crippen LogP contribution in [0.25, 0.3) is 11.1 Å². The van der Waals surface area contributed by atoms with E-state index in [0.717, 1.165) is 16.8 Å². The number of hydrogen-bond donors (Lipinski definition) is 2. The number of rotatable bonds is 6. The highest BCUT2D eigenvalue weighted by Gasteiger charge is 2.59. The second kappa shape index (κ2) is 9.24. The van der Waals surface area contributed by atoms with Crippen molar-refractivity contribution in [3.63, 3.8) is 0 Å². The molecule has 184 valence electrons. The highest BCUT2D eigenvalue weighted by molar-refractivity contribution is 6.35. The third-order valence-corrected chi connectivity index (χ3v) is 7.02. The van der Waals surface area contributed by atoms with Crippen LogP contribution in [-0.4, -0.2) is 31.4 Å². The Morgan fingerprint density at radius 2 is 1.61 bits per heavy atom. The van der Waals surface area contributed by atoms with Crippen LogP contribution in [0, 0.1) is 5.92 Å². The minimum atomic E-state index is -1.48. The molecule has 3 aromatic rings. The Labute approximate surface area is 214 Å². The molecule has 0 radical (unpaired) electrons. The lowest BCUT2D eigenvalue weighted by molar-refractivity contribution is -0.117. The average molecular weight is 505 g/mol. The summed E-state index contributed by atoms with van der Waals surface area (Å²) in [5.74, 6) is -0.114. The standard InChI is InChI=1S/C28H25ClN2O5/c1-16-13-20(32)14-23(31-30-19-11-9-18(10-12-19)17-7-5-4-6-8-17)28(16)27(33)24-21(34-2)15-22(35-3)25(29)26(24)36-28/h4-12,14-16,30-31H,13H2,1-3H3/t16-,28+/m1/s1.